The van der Waals surface area contributed by atoms with Gasteiger partial charge in [-0.1, -0.05) is 83.1 Å². The zero-order valence-corrected chi connectivity index (χ0v) is 16.1. The minimum atomic E-state index is 0.181. The van der Waals surface area contributed by atoms with E-state index in [2.05, 4.69) is 106 Å². The van der Waals surface area contributed by atoms with Gasteiger partial charge in [-0.05, 0) is 40.5 Å². The lowest BCUT2D eigenvalue weighted by Gasteiger charge is -2.29. The first-order valence-electron chi connectivity index (χ1n) is 9.22. The second-order valence-corrected chi connectivity index (χ2v) is 8.30. The summed E-state index contributed by atoms with van der Waals surface area (Å²) in [5.74, 6) is 0.585. The Balaban J connectivity index is 2.08. The van der Waals surface area contributed by atoms with E-state index in [9.17, 15) is 0 Å². The molecule has 3 aromatic carbocycles. The van der Waals surface area contributed by atoms with Crippen LogP contribution in [-0.2, 0) is 5.41 Å². The topological polar surface area (TPSA) is 3.24 Å². The number of hydrogen-bond acceptors (Lipinski definition) is 1. The Morgan fingerprint density at radius 3 is 2.08 bits per heavy atom. The normalized spacial score (nSPS) is 11.9. The van der Waals surface area contributed by atoms with Gasteiger partial charge in [-0.2, -0.15) is 0 Å². The van der Waals surface area contributed by atoms with Gasteiger partial charge in [0.25, 0.3) is 0 Å². The van der Waals surface area contributed by atoms with Crippen molar-refractivity contribution in [1.82, 2.24) is 0 Å². The molecule has 3 rings (SSSR count). The van der Waals surface area contributed by atoms with Gasteiger partial charge in [-0.25, -0.2) is 0 Å². The Morgan fingerprint density at radius 2 is 1.44 bits per heavy atom. The molecule has 0 aliphatic heterocycles. The summed E-state index contributed by atoms with van der Waals surface area (Å²) in [4.78, 5) is 2.46. The molecule has 0 bridgehead atoms. The molecule has 25 heavy (non-hydrogen) atoms. The molecule has 0 aliphatic carbocycles. The van der Waals surface area contributed by atoms with Crippen LogP contribution in [0.5, 0.6) is 0 Å². The molecule has 0 heterocycles. The van der Waals surface area contributed by atoms with Gasteiger partial charge >= 0.3 is 0 Å². The van der Waals surface area contributed by atoms with Crippen molar-refractivity contribution in [2.45, 2.75) is 40.0 Å². The van der Waals surface area contributed by atoms with Gasteiger partial charge in [0.2, 0.25) is 0 Å². The molecule has 130 valence electrons. The fourth-order valence-corrected chi connectivity index (χ4v) is 3.29. The molecular formula is C24H29N. The highest BCUT2D eigenvalue weighted by Crippen LogP contribution is 2.34. The molecule has 0 atom stereocenters. The number of hydrogen-bond donors (Lipinski definition) is 0. The van der Waals surface area contributed by atoms with Crippen LogP contribution in [0.25, 0.3) is 10.8 Å². The summed E-state index contributed by atoms with van der Waals surface area (Å²) in [5, 5.41) is 2.60. The first-order valence-corrected chi connectivity index (χ1v) is 9.22. The maximum atomic E-state index is 2.46. The van der Waals surface area contributed by atoms with E-state index in [0.29, 0.717) is 5.92 Å². The zero-order valence-electron chi connectivity index (χ0n) is 16.1. The second kappa shape index (κ2) is 6.92. The highest BCUT2D eigenvalue weighted by atomic mass is 15.1. The van der Waals surface area contributed by atoms with Crippen LogP contribution in [-0.4, -0.2) is 6.54 Å². The van der Waals surface area contributed by atoms with Gasteiger partial charge in [0.05, 0.1) is 0 Å². The quantitative estimate of drug-likeness (QED) is 0.501. The summed E-state index contributed by atoms with van der Waals surface area (Å²) in [7, 11) is 0. The van der Waals surface area contributed by atoms with Crippen molar-refractivity contribution in [1.29, 1.82) is 0 Å². The first kappa shape index (κ1) is 17.5. The molecule has 0 fully saturated rings. The molecule has 3 aromatic rings. The predicted molar refractivity (Wildman–Crippen MR) is 111 cm³/mol. The Hall–Kier alpha value is -2.28. The maximum Gasteiger partial charge on any atom is 0.0490 e. The van der Waals surface area contributed by atoms with E-state index in [4.69, 9.17) is 0 Å². The third-order valence-corrected chi connectivity index (χ3v) is 4.65. The van der Waals surface area contributed by atoms with E-state index in [1.807, 2.05) is 0 Å². The maximum absolute atomic E-state index is 2.46. The molecule has 0 saturated carbocycles. The van der Waals surface area contributed by atoms with E-state index in [-0.39, 0.29) is 5.41 Å². The van der Waals surface area contributed by atoms with Gasteiger partial charge in [0.1, 0.15) is 0 Å². The minimum Gasteiger partial charge on any atom is -0.341 e. The summed E-state index contributed by atoms with van der Waals surface area (Å²) >= 11 is 0. The molecule has 0 aromatic heterocycles. The van der Waals surface area contributed by atoms with Crippen molar-refractivity contribution >= 4 is 22.1 Å². The van der Waals surface area contributed by atoms with E-state index < -0.39 is 0 Å². The average Bonchev–Trinajstić information content (AvgIpc) is 2.58. The third-order valence-electron chi connectivity index (χ3n) is 4.65. The molecule has 0 saturated heterocycles. The highest BCUT2D eigenvalue weighted by Gasteiger charge is 2.17. The third kappa shape index (κ3) is 3.87. The molecule has 0 radical (unpaired) electrons. The van der Waals surface area contributed by atoms with Crippen LogP contribution in [0.2, 0.25) is 0 Å². The summed E-state index contributed by atoms with van der Waals surface area (Å²) in [6, 6.07) is 24.3. The molecule has 1 heteroatoms. The summed E-state index contributed by atoms with van der Waals surface area (Å²) < 4.78 is 0. The van der Waals surface area contributed by atoms with Crippen LogP contribution < -0.4 is 4.90 Å². The first-order chi connectivity index (χ1) is 11.9. The lowest BCUT2D eigenvalue weighted by atomic mass is 9.87. The number of nitrogens with zero attached hydrogens (tertiary/aromatic N) is 1. The summed E-state index contributed by atoms with van der Waals surface area (Å²) in [6.07, 6.45) is 0. The molecule has 0 N–H and O–H groups in total. The number of anilines is 2. The lowest BCUT2D eigenvalue weighted by molar-refractivity contribution is 0.590. The molecular weight excluding hydrogens is 302 g/mol. The molecule has 0 unspecified atom stereocenters. The highest BCUT2D eigenvalue weighted by molar-refractivity contribution is 5.96. The van der Waals surface area contributed by atoms with Crippen LogP contribution in [0.15, 0.2) is 66.7 Å². The molecule has 0 amide bonds. The van der Waals surface area contributed by atoms with Crippen LogP contribution in [0.4, 0.5) is 11.4 Å². The molecule has 0 aliphatic rings. The van der Waals surface area contributed by atoms with Crippen molar-refractivity contribution in [3.63, 3.8) is 0 Å². The number of rotatable bonds is 4. The Labute approximate surface area is 152 Å². The monoisotopic (exact) mass is 331 g/mol. The second-order valence-electron chi connectivity index (χ2n) is 8.30. The van der Waals surface area contributed by atoms with Crippen LogP contribution >= 0.6 is 0 Å². The van der Waals surface area contributed by atoms with E-state index in [1.54, 1.807) is 0 Å². The predicted octanol–water partition coefficient (Wildman–Crippen LogP) is 6.93. The number of benzene rings is 3. The van der Waals surface area contributed by atoms with Crippen molar-refractivity contribution in [3.05, 3.63) is 72.3 Å². The Bertz CT molecular complexity index is 833. The Morgan fingerprint density at radius 1 is 0.800 bits per heavy atom. The van der Waals surface area contributed by atoms with Crippen molar-refractivity contribution in [3.8, 4) is 0 Å². The van der Waals surface area contributed by atoms with Gasteiger partial charge in [-0.15, -0.1) is 0 Å². The molecule has 1 nitrogen and oxygen atoms in total. The summed E-state index contributed by atoms with van der Waals surface area (Å²) in [5.41, 5.74) is 4.10. The number of fused-ring (bicyclic) bond motifs is 1. The van der Waals surface area contributed by atoms with Crippen molar-refractivity contribution in [2.75, 3.05) is 11.4 Å². The van der Waals surface area contributed by atoms with Crippen molar-refractivity contribution in [2.24, 2.45) is 5.92 Å². The van der Waals surface area contributed by atoms with E-state index in [0.717, 1.165) is 6.54 Å². The largest absolute Gasteiger partial charge is 0.341 e. The van der Waals surface area contributed by atoms with E-state index >= 15 is 0 Å². The van der Waals surface area contributed by atoms with Crippen LogP contribution in [0.3, 0.4) is 0 Å². The van der Waals surface area contributed by atoms with Crippen LogP contribution in [0.1, 0.15) is 40.2 Å². The standard InChI is InChI=1S/C24H29N/c1-18(2)17-25(21-15-13-20(14-16-21)24(3,4)5)23-12-8-10-19-9-6-7-11-22(19)23/h6-16,18H,17H2,1-5H3. The smallest absolute Gasteiger partial charge is 0.0490 e. The fourth-order valence-electron chi connectivity index (χ4n) is 3.29. The minimum absolute atomic E-state index is 0.181. The van der Waals surface area contributed by atoms with Gasteiger partial charge in [-0.3, -0.25) is 0 Å². The average molecular weight is 332 g/mol. The van der Waals surface area contributed by atoms with Gasteiger partial charge < -0.3 is 4.90 Å². The van der Waals surface area contributed by atoms with Gasteiger partial charge in [0, 0.05) is 23.3 Å². The zero-order chi connectivity index (χ0) is 18.0. The SMILES string of the molecule is CC(C)CN(c1ccc(C(C)(C)C)cc1)c1cccc2ccccc12. The van der Waals surface area contributed by atoms with E-state index in [1.165, 1.54) is 27.7 Å². The van der Waals surface area contributed by atoms with Crippen LogP contribution in [0, 0.1) is 5.92 Å². The summed E-state index contributed by atoms with van der Waals surface area (Å²) in [6.45, 7) is 12.3. The Kier molecular flexibility index (Phi) is 4.85. The lowest BCUT2D eigenvalue weighted by Crippen LogP contribution is -2.23. The fraction of sp³-hybridized carbons (Fsp3) is 0.333. The van der Waals surface area contributed by atoms with Gasteiger partial charge in [0.15, 0.2) is 0 Å². The van der Waals surface area contributed by atoms with Crippen molar-refractivity contribution < 1.29 is 0 Å². The molecule has 0 spiro atoms.